The third-order valence-corrected chi connectivity index (χ3v) is 2.53. The quantitative estimate of drug-likeness (QED) is 0.780. The van der Waals surface area contributed by atoms with Gasteiger partial charge in [0.2, 0.25) is 0 Å². The Balaban J connectivity index is 2.07. The molecule has 86 valence electrons. The molecule has 0 aliphatic heterocycles. The fourth-order valence-electron chi connectivity index (χ4n) is 1.35. The summed E-state index contributed by atoms with van der Waals surface area (Å²) in [5.41, 5.74) is 1.54. The monoisotopic (exact) mass is 247 g/mol. The summed E-state index contributed by atoms with van der Waals surface area (Å²) in [6.07, 6.45) is 4.16. The zero-order valence-electron chi connectivity index (χ0n) is 8.97. The minimum absolute atomic E-state index is 0.419. The molecule has 0 fully saturated rings. The third kappa shape index (κ3) is 3.04. The van der Waals surface area contributed by atoms with Crippen molar-refractivity contribution < 1.29 is 9.53 Å². The van der Waals surface area contributed by atoms with E-state index in [1.165, 1.54) is 0 Å². The molecule has 1 heterocycles. The van der Waals surface area contributed by atoms with E-state index in [2.05, 4.69) is 4.98 Å². The van der Waals surface area contributed by atoms with Gasteiger partial charge in [0.15, 0.2) is 0 Å². The Morgan fingerprint density at radius 1 is 1.24 bits per heavy atom. The second-order valence-electron chi connectivity index (χ2n) is 3.45. The first kappa shape index (κ1) is 11.6. The number of nitrogens with zero attached hydrogens (tertiary/aromatic N) is 1. The van der Waals surface area contributed by atoms with Crippen LogP contribution < -0.4 is 4.74 Å². The molecule has 0 spiro atoms. The number of carbonyl (C=O) groups excluding carboxylic acids is 1. The van der Waals surface area contributed by atoms with E-state index in [0.717, 1.165) is 11.8 Å². The molecule has 0 atom stereocenters. The number of pyridine rings is 1. The third-order valence-electron chi connectivity index (χ3n) is 2.24. The normalized spacial score (nSPS) is 9.94. The van der Waals surface area contributed by atoms with E-state index in [1.54, 1.807) is 30.6 Å². The lowest BCUT2D eigenvalue weighted by atomic mass is 10.2. The van der Waals surface area contributed by atoms with Crippen LogP contribution in [0.2, 0.25) is 5.02 Å². The molecule has 0 saturated heterocycles. The second kappa shape index (κ2) is 5.46. The lowest BCUT2D eigenvalue weighted by Gasteiger charge is -2.08. The van der Waals surface area contributed by atoms with Crippen LogP contribution in [-0.4, -0.2) is 11.3 Å². The molecule has 0 amide bonds. The van der Waals surface area contributed by atoms with Gasteiger partial charge in [0.25, 0.3) is 0 Å². The number of hydrogen-bond donors (Lipinski definition) is 0. The van der Waals surface area contributed by atoms with Gasteiger partial charge >= 0.3 is 0 Å². The number of aldehydes is 1. The van der Waals surface area contributed by atoms with Crippen molar-refractivity contribution in [3.8, 4) is 5.75 Å². The summed E-state index contributed by atoms with van der Waals surface area (Å²) in [6, 6.07) is 8.67. The number of benzene rings is 1. The molecule has 1 aromatic heterocycles. The van der Waals surface area contributed by atoms with Gasteiger partial charge in [-0.15, -0.1) is 0 Å². The predicted octanol–water partition coefficient (Wildman–Crippen LogP) is 3.13. The van der Waals surface area contributed by atoms with Crippen LogP contribution in [0.15, 0.2) is 42.7 Å². The van der Waals surface area contributed by atoms with E-state index in [-0.39, 0.29) is 0 Å². The van der Waals surface area contributed by atoms with Crippen LogP contribution in [0.1, 0.15) is 15.9 Å². The van der Waals surface area contributed by atoms with Crippen LogP contribution in [0.4, 0.5) is 0 Å². The average Bonchev–Trinajstić information content (AvgIpc) is 2.38. The zero-order valence-corrected chi connectivity index (χ0v) is 9.72. The van der Waals surface area contributed by atoms with Crippen molar-refractivity contribution >= 4 is 17.9 Å². The molecule has 0 aliphatic carbocycles. The van der Waals surface area contributed by atoms with E-state index in [1.807, 2.05) is 12.1 Å². The summed E-state index contributed by atoms with van der Waals surface area (Å²) in [6.45, 7) is 0.419. The first-order valence-corrected chi connectivity index (χ1v) is 5.44. The average molecular weight is 248 g/mol. The Morgan fingerprint density at radius 2 is 2.00 bits per heavy atom. The lowest BCUT2D eigenvalue weighted by molar-refractivity contribution is 0.112. The van der Waals surface area contributed by atoms with Crippen molar-refractivity contribution in [2.45, 2.75) is 6.61 Å². The molecule has 2 rings (SSSR count). The molecule has 1 aromatic carbocycles. The predicted molar refractivity (Wildman–Crippen MR) is 65.4 cm³/mol. The van der Waals surface area contributed by atoms with E-state index in [9.17, 15) is 4.79 Å². The maximum absolute atomic E-state index is 10.5. The van der Waals surface area contributed by atoms with Crippen molar-refractivity contribution in [3.05, 3.63) is 58.9 Å². The van der Waals surface area contributed by atoms with Crippen LogP contribution in [0.25, 0.3) is 0 Å². The van der Waals surface area contributed by atoms with Crippen LogP contribution >= 0.6 is 11.6 Å². The zero-order chi connectivity index (χ0) is 12.1. The Bertz CT molecular complexity index is 514. The molecule has 0 unspecified atom stereocenters. The number of halogens is 1. The molecular formula is C13H10ClNO2. The Morgan fingerprint density at radius 3 is 2.65 bits per heavy atom. The topological polar surface area (TPSA) is 39.2 Å². The maximum atomic E-state index is 10.5. The number of aromatic nitrogens is 1. The minimum Gasteiger partial charge on any atom is -0.487 e. The summed E-state index contributed by atoms with van der Waals surface area (Å²) in [4.78, 5) is 14.5. The fourth-order valence-corrected chi connectivity index (χ4v) is 1.59. The van der Waals surface area contributed by atoms with Gasteiger partial charge in [0.1, 0.15) is 18.6 Å². The first-order chi connectivity index (χ1) is 8.29. The summed E-state index contributed by atoms with van der Waals surface area (Å²) in [5.74, 6) is 0.564. The molecule has 0 aliphatic rings. The van der Waals surface area contributed by atoms with E-state index in [4.69, 9.17) is 16.3 Å². The summed E-state index contributed by atoms with van der Waals surface area (Å²) < 4.78 is 5.55. The van der Waals surface area contributed by atoms with Crippen LogP contribution in [0.3, 0.4) is 0 Å². The molecule has 4 heteroatoms. The highest BCUT2D eigenvalue weighted by atomic mass is 35.5. The highest BCUT2D eigenvalue weighted by Gasteiger charge is 2.03. The van der Waals surface area contributed by atoms with Crippen LogP contribution in [0.5, 0.6) is 5.75 Å². The molecule has 0 saturated carbocycles. The van der Waals surface area contributed by atoms with Gasteiger partial charge in [-0.1, -0.05) is 11.6 Å². The van der Waals surface area contributed by atoms with Crippen LogP contribution in [-0.2, 0) is 6.61 Å². The van der Waals surface area contributed by atoms with Crippen molar-refractivity contribution in [3.63, 3.8) is 0 Å². The minimum atomic E-state index is 0.419. The molecule has 0 N–H and O–H groups in total. The first-order valence-electron chi connectivity index (χ1n) is 5.06. The van der Waals surface area contributed by atoms with Gasteiger partial charge in [-0.2, -0.15) is 0 Å². The molecule has 0 bridgehead atoms. The smallest absolute Gasteiger partial charge is 0.150 e. The van der Waals surface area contributed by atoms with Gasteiger partial charge in [-0.25, -0.2) is 0 Å². The van der Waals surface area contributed by atoms with Gasteiger partial charge in [-0.05, 0) is 35.9 Å². The van der Waals surface area contributed by atoms with Gasteiger partial charge in [0.05, 0.1) is 5.02 Å². The SMILES string of the molecule is O=Cc1ccc(OCc2ccncc2)c(Cl)c1. The molecular weight excluding hydrogens is 238 g/mol. The van der Waals surface area contributed by atoms with Gasteiger partial charge in [0, 0.05) is 18.0 Å². The number of carbonyl (C=O) groups is 1. The fraction of sp³-hybridized carbons (Fsp3) is 0.0769. The number of ether oxygens (including phenoxy) is 1. The van der Waals surface area contributed by atoms with E-state index >= 15 is 0 Å². The molecule has 2 aromatic rings. The van der Waals surface area contributed by atoms with Gasteiger partial charge < -0.3 is 4.74 Å². The standard InChI is InChI=1S/C13H10ClNO2/c14-12-7-11(8-16)1-2-13(12)17-9-10-3-5-15-6-4-10/h1-8H,9H2. The Labute approximate surface area is 104 Å². The number of rotatable bonds is 4. The summed E-state index contributed by atoms with van der Waals surface area (Å²) in [5, 5.41) is 0.434. The van der Waals surface area contributed by atoms with Crippen molar-refractivity contribution in [1.82, 2.24) is 4.98 Å². The Hall–Kier alpha value is -1.87. The van der Waals surface area contributed by atoms with Crippen molar-refractivity contribution in [2.75, 3.05) is 0 Å². The van der Waals surface area contributed by atoms with Crippen molar-refractivity contribution in [1.29, 1.82) is 0 Å². The molecule has 17 heavy (non-hydrogen) atoms. The summed E-state index contributed by atoms with van der Waals surface area (Å²) in [7, 11) is 0. The number of hydrogen-bond acceptors (Lipinski definition) is 3. The van der Waals surface area contributed by atoms with E-state index in [0.29, 0.717) is 22.9 Å². The maximum Gasteiger partial charge on any atom is 0.150 e. The van der Waals surface area contributed by atoms with Crippen molar-refractivity contribution in [2.24, 2.45) is 0 Å². The Kier molecular flexibility index (Phi) is 3.73. The van der Waals surface area contributed by atoms with E-state index < -0.39 is 0 Å². The highest BCUT2D eigenvalue weighted by molar-refractivity contribution is 6.32. The lowest BCUT2D eigenvalue weighted by Crippen LogP contribution is -1.96. The highest BCUT2D eigenvalue weighted by Crippen LogP contribution is 2.25. The molecule has 0 radical (unpaired) electrons. The van der Waals surface area contributed by atoms with Crippen LogP contribution in [0, 0.1) is 0 Å². The van der Waals surface area contributed by atoms with Gasteiger partial charge in [-0.3, -0.25) is 9.78 Å². The largest absolute Gasteiger partial charge is 0.487 e. The summed E-state index contributed by atoms with van der Waals surface area (Å²) >= 11 is 5.98. The molecule has 3 nitrogen and oxygen atoms in total. The second-order valence-corrected chi connectivity index (χ2v) is 3.86.